The minimum atomic E-state index is -1.28. The maximum absolute atomic E-state index is 13.3. The molecule has 3 nitrogen and oxygen atoms in total. The van der Waals surface area contributed by atoms with Crippen LogP contribution in [0.15, 0.2) is 36.4 Å². The number of halogens is 3. The van der Waals surface area contributed by atoms with Crippen molar-refractivity contribution in [3.8, 4) is 11.1 Å². The topological polar surface area (TPSA) is 49.3 Å². The molecule has 0 aliphatic carbocycles. The highest BCUT2D eigenvalue weighted by Gasteiger charge is 2.11. The molecular formula is C13H8ClF2NO2. The van der Waals surface area contributed by atoms with E-state index in [0.29, 0.717) is 5.56 Å². The van der Waals surface area contributed by atoms with Gasteiger partial charge in [-0.2, -0.15) is 0 Å². The minimum absolute atomic E-state index is 0.122. The lowest BCUT2D eigenvalue weighted by Gasteiger charge is -2.10. The highest BCUT2D eigenvalue weighted by molar-refractivity contribution is 6.31. The van der Waals surface area contributed by atoms with E-state index in [1.807, 2.05) is 0 Å². The third-order valence-electron chi connectivity index (χ3n) is 2.45. The Balaban J connectivity index is 2.55. The molecule has 98 valence electrons. The summed E-state index contributed by atoms with van der Waals surface area (Å²) in [5.74, 6) is -1.14. The second kappa shape index (κ2) is 5.24. The fourth-order valence-electron chi connectivity index (χ4n) is 1.64. The van der Waals surface area contributed by atoms with Crippen molar-refractivity contribution in [2.45, 2.75) is 0 Å². The molecule has 2 rings (SSSR count). The number of amides is 1. The van der Waals surface area contributed by atoms with E-state index in [9.17, 15) is 13.6 Å². The number of hydrogen-bond acceptors (Lipinski definition) is 1. The van der Waals surface area contributed by atoms with Gasteiger partial charge in [0.05, 0.1) is 10.7 Å². The number of anilines is 1. The molecule has 0 spiro atoms. The molecule has 6 heteroatoms. The number of carbonyl (C=O) groups is 1. The first-order valence-corrected chi connectivity index (χ1v) is 5.60. The monoisotopic (exact) mass is 283 g/mol. The van der Waals surface area contributed by atoms with Crippen LogP contribution in [0.4, 0.5) is 19.3 Å². The van der Waals surface area contributed by atoms with E-state index in [-0.39, 0.29) is 16.3 Å². The summed E-state index contributed by atoms with van der Waals surface area (Å²) >= 11 is 5.66. The van der Waals surface area contributed by atoms with Crippen LogP contribution >= 0.6 is 11.6 Å². The van der Waals surface area contributed by atoms with Gasteiger partial charge in [-0.3, -0.25) is 5.32 Å². The van der Waals surface area contributed by atoms with Gasteiger partial charge in [0.25, 0.3) is 0 Å². The highest BCUT2D eigenvalue weighted by atomic mass is 35.5. The predicted molar refractivity (Wildman–Crippen MR) is 68.5 cm³/mol. The van der Waals surface area contributed by atoms with Gasteiger partial charge in [-0.25, -0.2) is 13.6 Å². The summed E-state index contributed by atoms with van der Waals surface area (Å²) in [4.78, 5) is 10.7. The fourth-order valence-corrected chi connectivity index (χ4v) is 1.82. The van der Waals surface area contributed by atoms with Crippen LogP contribution in [0.3, 0.4) is 0 Å². The lowest BCUT2D eigenvalue weighted by Crippen LogP contribution is -2.08. The lowest BCUT2D eigenvalue weighted by molar-refractivity contribution is 0.210. The molecule has 0 fully saturated rings. The highest BCUT2D eigenvalue weighted by Crippen LogP contribution is 2.31. The molecule has 0 unspecified atom stereocenters. The molecule has 0 heterocycles. The Labute approximate surface area is 112 Å². The Hall–Kier alpha value is -2.14. The molecule has 0 aliphatic heterocycles. The Morgan fingerprint density at radius 3 is 2.53 bits per heavy atom. The minimum Gasteiger partial charge on any atom is -0.465 e. The van der Waals surface area contributed by atoms with Crippen molar-refractivity contribution in [2.75, 3.05) is 5.32 Å². The summed E-state index contributed by atoms with van der Waals surface area (Å²) < 4.78 is 26.4. The van der Waals surface area contributed by atoms with Crippen LogP contribution in [0, 0.1) is 11.6 Å². The first-order chi connectivity index (χ1) is 8.97. The van der Waals surface area contributed by atoms with Crippen molar-refractivity contribution in [1.82, 2.24) is 0 Å². The van der Waals surface area contributed by atoms with Crippen LogP contribution in [0.2, 0.25) is 5.02 Å². The summed E-state index contributed by atoms with van der Waals surface area (Å²) in [6.45, 7) is 0. The molecule has 0 saturated heterocycles. The van der Waals surface area contributed by atoms with Crippen molar-refractivity contribution in [1.29, 1.82) is 0 Å². The van der Waals surface area contributed by atoms with Gasteiger partial charge in [-0.1, -0.05) is 17.7 Å². The number of hydrogen-bond donors (Lipinski definition) is 2. The number of benzene rings is 2. The maximum Gasteiger partial charge on any atom is 0.409 e. The van der Waals surface area contributed by atoms with Crippen molar-refractivity contribution in [3.05, 3.63) is 53.1 Å². The van der Waals surface area contributed by atoms with Gasteiger partial charge in [0, 0.05) is 5.56 Å². The zero-order valence-electron chi connectivity index (χ0n) is 9.45. The molecule has 1 amide bonds. The van der Waals surface area contributed by atoms with E-state index >= 15 is 0 Å². The molecule has 0 saturated carbocycles. The standard InChI is InChI=1S/C13H8ClF2NO2/c14-10-5-7(1-3-11(10)16)9-6-8(15)2-4-12(9)17-13(18)19/h1-6,17H,(H,18,19). The molecule has 0 aromatic heterocycles. The van der Waals surface area contributed by atoms with E-state index in [4.69, 9.17) is 16.7 Å². The van der Waals surface area contributed by atoms with Gasteiger partial charge in [0.2, 0.25) is 0 Å². The quantitative estimate of drug-likeness (QED) is 0.859. The van der Waals surface area contributed by atoms with Crippen LogP contribution < -0.4 is 5.32 Å². The fraction of sp³-hybridized carbons (Fsp3) is 0. The van der Waals surface area contributed by atoms with Gasteiger partial charge in [0.1, 0.15) is 11.6 Å². The summed E-state index contributed by atoms with van der Waals surface area (Å²) in [5, 5.41) is 10.7. The predicted octanol–water partition coefficient (Wildman–Crippen LogP) is 4.38. The van der Waals surface area contributed by atoms with E-state index in [0.717, 1.165) is 18.2 Å². The van der Waals surface area contributed by atoms with Crippen LogP contribution in [0.25, 0.3) is 11.1 Å². The average Bonchev–Trinajstić information content (AvgIpc) is 2.34. The van der Waals surface area contributed by atoms with Crippen molar-refractivity contribution in [3.63, 3.8) is 0 Å². The van der Waals surface area contributed by atoms with E-state index < -0.39 is 17.7 Å². The summed E-state index contributed by atoms with van der Waals surface area (Å²) in [6.07, 6.45) is -1.28. The molecule has 0 bridgehead atoms. The van der Waals surface area contributed by atoms with Gasteiger partial charge in [-0.05, 0) is 35.9 Å². The van der Waals surface area contributed by atoms with Crippen LogP contribution in [-0.4, -0.2) is 11.2 Å². The third kappa shape index (κ3) is 3.00. The zero-order chi connectivity index (χ0) is 14.0. The van der Waals surface area contributed by atoms with Crippen LogP contribution in [0.1, 0.15) is 0 Å². The summed E-state index contributed by atoms with van der Waals surface area (Å²) in [6, 6.07) is 7.39. The third-order valence-corrected chi connectivity index (χ3v) is 2.74. The Morgan fingerprint density at radius 1 is 1.16 bits per heavy atom. The second-order valence-corrected chi connectivity index (χ2v) is 4.16. The number of nitrogens with one attached hydrogen (secondary N) is 1. The Kier molecular flexibility index (Phi) is 3.66. The van der Waals surface area contributed by atoms with Crippen LogP contribution in [0.5, 0.6) is 0 Å². The molecule has 2 N–H and O–H groups in total. The van der Waals surface area contributed by atoms with Crippen LogP contribution in [-0.2, 0) is 0 Å². The average molecular weight is 284 g/mol. The van der Waals surface area contributed by atoms with Crippen molar-refractivity contribution in [2.24, 2.45) is 0 Å². The van der Waals surface area contributed by atoms with Gasteiger partial charge in [0.15, 0.2) is 0 Å². The summed E-state index contributed by atoms with van der Waals surface area (Å²) in [5.41, 5.74) is 0.885. The molecule has 0 aliphatic rings. The van der Waals surface area contributed by atoms with Gasteiger partial charge >= 0.3 is 6.09 Å². The Morgan fingerprint density at radius 2 is 1.89 bits per heavy atom. The smallest absolute Gasteiger partial charge is 0.409 e. The van der Waals surface area contributed by atoms with Gasteiger partial charge < -0.3 is 5.11 Å². The van der Waals surface area contributed by atoms with E-state index in [2.05, 4.69) is 5.32 Å². The van der Waals surface area contributed by atoms with Crippen molar-refractivity contribution >= 4 is 23.4 Å². The largest absolute Gasteiger partial charge is 0.465 e. The number of rotatable bonds is 2. The van der Waals surface area contributed by atoms with Crippen molar-refractivity contribution < 1.29 is 18.7 Å². The second-order valence-electron chi connectivity index (χ2n) is 3.75. The molecule has 2 aromatic carbocycles. The SMILES string of the molecule is O=C(O)Nc1ccc(F)cc1-c1ccc(F)c(Cl)c1. The zero-order valence-corrected chi connectivity index (χ0v) is 10.2. The lowest BCUT2D eigenvalue weighted by atomic mass is 10.0. The van der Waals surface area contributed by atoms with E-state index in [1.165, 1.54) is 18.2 Å². The molecular weight excluding hydrogens is 276 g/mol. The van der Waals surface area contributed by atoms with Gasteiger partial charge in [-0.15, -0.1) is 0 Å². The maximum atomic E-state index is 13.3. The Bertz CT molecular complexity index is 647. The molecule has 2 aromatic rings. The first-order valence-electron chi connectivity index (χ1n) is 5.22. The molecule has 0 radical (unpaired) electrons. The molecule has 19 heavy (non-hydrogen) atoms. The normalized spacial score (nSPS) is 10.3. The molecule has 0 atom stereocenters. The van der Waals surface area contributed by atoms with E-state index in [1.54, 1.807) is 0 Å². The summed E-state index contributed by atoms with van der Waals surface area (Å²) in [7, 11) is 0. The first kappa shape index (κ1) is 13.3. The number of carboxylic acid groups (broad SMARTS) is 1.